The number of hydrogen-bond donors (Lipinski definition) is 1. The highest BCUT2D eigenvalue weighted by atomic mass is 16.6. The molecule has 7 nitrogen and oxygen atoms in total. The largest absolute Gasteiger partial charge is 0.366 e. The van der Waals surface area contributed by atoms with Crippen LogP contribution in [-0.2, 0) is 0 Å². The molecule has 1 N–H and O–H groups in total. The first-order chi connectivity index (χ1) is 13.1. The van der Waals surface area contributed by atoms with Crippen molar-refractivity contribution in [3.63, 3.8) is 0 Å². The van der Waals surface area contributed by atoms with Crippen molar-refractivity contribution in [2.45, 2.75) is 25.7 Å². The lowest BCUT2D eigenvalue weighted by Gasteiger charge is -2.22. The van der Waals surface area contributed by atoms with Gasteiger partial charge in [0.2, 0.25) is 0 Å². The van der Waals surface area contributed by atoms with Gasteiger partial charge >= 0.3 is 0 Å². The number of anilines is 2. The third kappa shape index (κ3) is 4.42. The van der Waals surface area contributed by atoms with Crippen molar-refractivity contribution in [1.82, 2.24) is 0 Å². The average Bonchev–Trinajstić information content (AvgIpc) is 2.97. The Balaban J connectivity index is 1.85. The highest BCUT2D eigenvalue weighted by Gasteiger charge is 2.22. The lowest BCUT2D eigenvalue weighted by atomic mass is 10.1. The SMILES string of the molecule is N#Cc1cccc(NC(=O)c2ccc(N3CCCCCC3)c([N+](=O)[O-])c2)c1. The number of hydrogen-bond acceptors (Lipinski definition) is 5. The van der Waals surface area contributed by atoms with Gasteiger partial charge in [0, 0.05) is 30.4 Å². The van der Waals surface area contributed by atoms with Crippen LogP contribution in [0.5, 0.6) is 0 Å². The molecular weight excluding hydrogens is 344 g/mol. The molecule has 138 valence electrons. The van der Waals surface area contributed by atoms with Crippen molar-refractivity contribution in [2.75, 3.05) is 23.3 Å². The Morgan fingerprint density at radius 3 is 2.52 bits per heavy atom. The molecule has 0 spiro atoms. The number of nitriles is 1. The van der Waals surface area contributed by atoms with Gasteiger partial charge in [-0.2, -0.15) is 5.26 Å². The van der Waals surface area contributed by atoms with E-state index in [1.807, 2.05) is 11.0 Å². The molecule has 0 bridgehead atoms. The van der Waals surface area contributed by atoms with E-state index in [-0.39, 0.29) is 11.3 Å². The highest BCUT2D eigenvalue weighted by Crippen LogP contribution is 2.31. The zero-order valence-corrected chi connectivity index (χ0v) is 14.9. The summed E-state index contributed by atoms with van der Waals surface area (Å²) in [5.41, 5.74) is 1.61. The molecule has 3 rings (SSSR count). The summed E-state index contributed by atoms with van der Waals surface area (Å²) in [5.74, 6) is -0.449. The van der Waals surface area contributed by atoms with E-state index in [1.165, 1.54) is 6.07 Å². The van der Waals surface area contributed by atoms with Gasteiger partial charge in [-0.15, -0.1) is 0 Å². The van der Waals surface area contributed by atoms with Crippen LogP contribution in [0.3, 0.4) is 0 Å². The Bertz CT molecular complexity index is 896. The molecule has 1 heterocycles. The molecule has 0 unspecified atom stereocenters. The number of carbonyl (C=O) groups excluding carboxylic acids is 1. The molecule has 2 aromatic rings. The summed E-state index contributed by atoms with van der Waals surface area (Å²) in [7, 11) is 0. The van der Waals surface area contributed by atoms with E-state index in [1.54, 1.807) is 36.4 Å². The Morgan fingerprint density at radius 1 is 1.11 bits per heavy atom. The van der Waals surface area contributed by atoms with Crippen molar-refractivity contribution in [3.8, 4) is 6.07 Å². The maximum absolute atomic E-state index is 12.5. The number of nitrogens with one attached hydrogen (secondary N) is 1. The summed E-state index contributed by atoms with van der Waals surface area (Å²) in [5, 5.41) is 23.2. The average molecular weight is 364 g/mol. The summed E-state index contributed by atoms with van der Waals surface area (Å²) in [4.78, 5) is 25.7. The van der Waals surface area contributed by atoms with Gasteiger partial charge in [0.05, 0.1) is 16.6 Å². The van der Waals surface area contributed by atoms with Crippen LogP contribution in [0.4, 0.5) is 17.1 Å². The maximum Gasteiger partial charge on any atom is 0.293 e. The second-order valence-corrected chi connectivity index (χ2v) is 6.51. The molecule has 1 amide bonds. The minimum Gasteiger partial charge on any atom is -0.366 e. The standard InChI is InChI=1S/C20H20N4O3/c21-14-15-6-5-7-17(12-15)22-20(25)16-8-9-18(19(13-16)24(26)27)23-10-3-1-2-4-11-23/h5-9,12-13H,1-4,10-11H2,(H,22,25). The predicted molar refractivity (Wildman–Crippen MR) is 103 cm³/mol. The minimum atomic E-state index is -0.449. The van der Waals surface area contributed by atoms with Crippen LogP contribution in [-0.4, -0.2) is 23.9 Å². The molecule has 2 aromatic carbocycles. The molecule has 0 aromatic heterocycles. The van der Waals surface area contributed by atoms with Crippen LogP contribution in [0.25, 0.3) is 0 Å². The minimum absolute atomic E-state index is 0.0599. The van der Waals surface area contributed by atoms with E-state index in [0.717, 1.165) is 38.8 Å². The first-order valence-electron chi connectivity index (χ1n) is 8.93. The summed E-state index contributed by atoms with van der Waals surface area (Å²) >= 11 is 0. The molecule has 0 aliphatic carbocycles. The molecule has 0 radical (unpaired) electrons. The third-order valence-corrected chi connectivity index (χ3v) is 4.63. The van der Waals surface area contributed by atoms with Crippen molar-refractivity contribution in [3.05, 3.63) is 63.7 Å². The Kier molecular flexibility index (Phi) is 5.67. The molecule has 1 fully saturated rings. The van der Waals surface area contributed by atoms with E-state index in [9.17, 15) is 14.9 Å². The highest BCUT2D eigenvalue weighted by molar-refractivity contribution is 6.05. The molecular formula is C20H20N4O3. The lowest BCUT2D eigenvalue weighted by Crippen LogP contribution is -2.25. The molecule has 0 saturated carbocycles. The van der Waals surface area contributed by atoms with E-state index in [0.29, 0.717) is 16.9 Å². The smallest absolute Gasteiger partial charge is 0.293 e. The van der Waals surface area contributed by atoms with Crippen LogP contribution in [0.2, 0.25) is 0 Å². The Morgan fingerprint density at radius 2 is 1.85 bits per heavy atom. The zero-order valence-electron chi connectivity index (χ0n) is 14.9. The van der Waals surface area contributed by atoms with Crippen LogP contribution in [0.1, 0.15) is 41.6 Å². The zero-order chi connectivity index (χ0) is 19.2. The fourth-order valence-electron chi connectivity index (χ4n) is 3.26. The van der Waals surface area contributed by atoms with Crippen LogP contribution >= 0.6 is 0 Å². The second-order valence-electron chi connectivity index (χ2n) is 6.51. The molecule has 27 heavy (non-hydrogen) atoms. The lowest BCUT2D eigenvalue weighted by molar-refractivity contribution is -0.384. The Labute approximate surface area is 157 Å². The molecule has 1 aliphatic rings. The van der Waals surface area contributed by atoms with Crippen LogP contribution in [0, 0.1) is 21.4 Å². The number of amides is 1. The second kappa shape index (κ2) is 8.32. The summed E-state index contributed by atoms with van der Waals surface area (Å²) in [6, 6.07) is 13.1. The van der Waals surface area contributed by atoms with Crippen molar-refractivity contribution >= 4 is 23.0 Å². The molecule has 7 heteroatoms. The summed E-state index contributed by atoms with van der Waals surface area (Å²) < 4.78 is 0. The van der Waals surface area contributed by atoms with Crippen LogP contribution < -0.4 is 10.2 Å². The first-order valence-corrected chi connectivity index (χ1v) is 8.93. The van der Waals surface area contributed by atoms with Gasteiger partial charge in [-0.05, 0) is 43.2 Å². The van der Waals surface area contributed by atoms with E-state index in [2.05, 4.69) is 5.32 Å². The number of benzene rings is 2. The first kappa shape index (κ1) is 18.4. The quantitative estimate of drug-likeness (QED) is 0.650. The van der Waals surface area contributed by atoms with Gasteiger partial charge in [0.15, 0.2) is 0 Å². The fourth-order valence-corrected chi connectivity index (χ4v) is 3.26. The van der Waals surface area contributed by atoms with Crippen molar-refractivity contribution in [2.24, 2.45) is 0 Å². The van der Waals surface area contributed by atoms with Gasteiger partial charge < -0.3 is 10.2 Å². The number of rotatable bonds is 4. The maximum atomic E-state index is 12.5. The van der Waals surface area contributed by atoms with Crippen molar-refractivity contribution < 1.29 is 9.72 Å². The van der Waals surface area contributed by atoms with Crippen LogP contribution in [0.15, 0.2) is 42.5 Å². The van der Waals surface area contributed by atoms with Crippen molar-refractivity contribution in [1.29, 1.82) is 5.26 Å². The topological polar surface area (TPSA) is 99.3 Å². The summed E-state index contributed by atoms with van der Waals surface area (Å²) in [6.45, 7) is 1.57. The molecule has 1 aliphatic heterocycles. The third-order valence-electron chi connectivity index (χ3n) is 4.63. The number of nitro benzene ring substituents is 1. The molecule has 0 atom stereocenters. The van der Waals surface area contributed by atoms with Gasteiger partial charge in [-0.3, -0.25) is 14.9 Å². The van der Waals surface area contributed by atoms with Gasteiger partial charge in [-0.25, -0.2) is 0 Å². The fraction of sp³-hybridized carbons (Fsp3) is 0.300. The Hall–Kier alpha value is -3.40. The monoisotopic (exact) mass is 364 g/mol. The van der Waals surface area contributed by atoms with E-state index in [4.69, 9.17) is 5.26 Å². The van der Waals surface area contributed by atoms with Gasteiger partial charge in [0.25, 0.3) is 11.6 Å². The number of carbonyl (C=O) groups is 1. The summed E-state index contributed by atoms with van der Waals surface area (Å²) in [6.07, 6.45) is 4.28. The predicted octanol–water partition coefficient (Wildman–Crippen LogP) is 4.10. The van der Waals surface area contributed by atoms with E-state index < -0.39 is 10.8 Å². The van der Waals surface area contributed by atoms with E-state index >= 15 is 0 Å². The van der Waals surface area contributed by atoms with Gasteiger partial charge in [0.1, 0.15) is 5.69 Å². The normalized spacial score (nSPS) is 14.1. The number of nitrogens with zero attached hydrogens (tertiary/aromatic N) is 3. The molecule has 1 saturated heterocycles. The van der Waals surface area contributed by atoms with Gasteiger partial charge in [-0.1, -0.05) is 18.9 Å². The number of nitro groups is 1.